The van der Waals surface area contributed by atoms with E-state index in [-0.39, 0.29) is 0 Å². The molecule has 0 spiro atoms. The maximum absolute atomic E-state index is 4.49. The van der Waals surface area contributed by atoms with Crippen molar-refractivity contribution in [3.63, 3.8) is 0 Å². The number of pyridine rings is 1. The van der Waals surface area contributed by atoms with E-state index in [1.165, 1.54) is 13.0 Å². The number of nitrogens with one attached hydrogen (secondary N) is 3. The van der Waals surface area contributed by atoms with Crippen LogP contribution in [0.5, 0.6) is 0 Å². The van der Waals surface area contributed by atoms with Crippen LogP contribution >= 0.6 is 0 Å². The quantitative estimate of drug-likeness (QED) is 0.445. The van der Waals surface area contributed by atoms with E-state index in [9.17, 15) is 0 Å². The van der Waals surface area contributed by atoms with Gasteiger partial charge >= 0.3 is 0 Å². The maximum atomic E-state index is 4.49. The van der Waals surface area contributed by atoms with Crippen LogP contribution in [-0.2, 0) is 0 Å². The molecule has 2 aromatic rings. The molecule has 2 heterocycles. The number of hydrogen-bond donors (Lipinski definition) is 3. The number of aromatic nitrogens is 2. The average molecular weight is 303 g/mol. The molecule has 22 heavy (non-hydrogen) atoms. The molecule has 2 rings (SSSR count). The van der Waals surface area contributed by atoms with Gasteiger partial charge in [0.1, 0.15) is 5.69 Å². The van der Waals surface area contributed by atoms with E-state index in [0.29, 0.717) is 0 Å². The van der Waals surface area contributed by atoms with E-state index in [4.69, 9.17) is 0 Å². The summed E-state index contributed by atoms with van der Waals surface area (Å²) >= 11 is 0. The molecule has 6 heteroatoms. The van der Waals surface area contributed by atoms with Gasteiger partial charge in [-0.15, -0.1) is 5.10 Å². The lowest BCUT2D eigenvalue weighted by Crippen LogP contribution is -3.09. The smallest absolute Gasteiger partial charge is 0.175 e. The van der Waals surface area contributed by atoms with E-state index < -0.39 is 0 Å². The topological polar surface area (TPSA) is 58.2 Å². The van der Waals surface area contributed by atoms with Gasteiger partial charge in [0.25, 0.3) is 0 Å². The number of rotatable bonds is 10. The second kappa shape index (κ2) is 8.51. The van der Waals surface area contributed by atoms with Crippen molar-refractivity contribution in [3.8, 4) is 0 Å². The molecule has 0 aromatic carbocycles. The van der Waals surface area contributed by atoms with Crippen LogP contribution in [0.25, 0.3) is 5.52 Å². The van der Waals surface area contributed by atoms with Gasteiger partial charge in [-0.1, -0.05) is 13.0 Å². The number of hydrogen-bond acceptors (Lipinski definition) is 4. The summed E-state index contributed by atoms with van der Waals surface area (Å²) in [4.78, 5) is 5.67. The Hall–Kier alpha value is -1.92. The highest BCUT2D eigenvalue weighted by atomic mass is 15.3. The molecule has 0 aliphatic carbocycles. The van der Waals surface area contributed by atoms with Crippen LogP contribution in [0.3, 0.4) is 0 Å². The molecule has 0 saturated heterocycles. The SMILES string of the molecule is C=Nc1c(NCCNCC[NH+](C)CCC)nn2ccccc12. The average Bonchev–Trinajstić information content (AvgIpc) is 2.88. The van der Waals surface area contributed by atoms with Crippen molar-refractivity contribution in [2.24, 2.45) is 4.99 Å². The van der Waals surface area contributed by atoms with Gasteiger partial charge in [0.2, 0.25) is 0 Å². The fourth-order valence-corrected chi connectivity index (χ4v) is 2.51. The third-order valence-corrected chi connectivity index (χ3v) is 3.67. The van der Waals surface area contributed by atoms with Crippen molar-refractivity contribution in [3.05, 3.63) is 24.4 Å². The first-order chi connectivity index (χ1) is 10.8. The number of likely N-dealkylation sites (N-methyl/N-ethyl adjacent to an activating group) is 1. The van der Waals surface area contributed by atoms with Crippen LogP contribution in [0.1, 0.15) is 13.3 Å². The molecule has 2 aromatic heterocycles. The van der Waals surface area contributed by atoms with Crippen LogP contribution in [0.15, 0.2) is 29.4 Å². The monoisotopic (exact) mass is 303 g/mol. The minimum atomic E-state index is 0.789. The van der Waals surface area contributed by atoms with Crippen LogP contribution in [0, 0.1) is 0 Å². The first-order valence-electron chi connectivity index (χ1n) is 7.96. The summed E-state index contributed by atoms with van der Waals surface area (Å²) in [7, 11) is 2.24. The molecule has 120 valence electrons. The second-order valence-corrected chi connectivity index (χ2v) is 5.52. The van der Waals surface area contributed by atoms with Crippen molar-refractivity contribution < 1.29 is 4.90 Å². The zero-order valence-electron chi connectivity index (χ0n) is 13.6. The summed E-state index contributed by atoms with van der Waals surface area (Å²) in [6.07, 6.45) is 3.15. The molecule has 3 N–H and O–H groups in total. The molecule has 0 amide bonds. The van der Waals surface area contributed by atoms with Crippen molar-refractivity contribution >= 4 is 23.7 Å². The van der Waals surface area contributed by atoms with Gasteiger partial charge < -0.3 is 15.5 Å². The number of aliphatic imine (C=N–C) groups is 1. The Morgan fingerprint density at radius 3 is 2.91 bits per heavy atom. The summed E-state index contributed by atoms with van der Waals surface area (Å²) in [5, 5.41) is 11.3. The van der Waals surface area contributed by atoms with E-state index in [2.05, 4.69) is 41.4 Å². The summed E-state index contributed by atoms with van der Waals surface area (Å²) in [6.45, 7) is 11.0. The molecule has 1 atom stereocenters. The Morgan fingerprint density at radius 1 is 1.27 bits per heavy atom. The first kappa shape index (κ1) is 16.5. The minimum Gasteiger partial charge on any atom is -0.365 e. The summed E-state index contributed by atoms with van der Waals surface area (Å²) in [6, 6.07) is 5.92. The van der Waals surface area contributed by atoms with Crippen molar-refractivity contribution in [1.29, 1.82) is 0 Å². The molecule has 1 unspecified atom stereocenters. The van der Waals surface area contributed by atoms with Gasteiger partial charge in [-0.3, -0.25) is 4.99 Å². The van der Waals surface area contributed by atoms with Crippen molar-refractivity contribution in [2.45, 2.75) is 13.3 Å². The van der Waals surface area contributed by atoms with Gasteiger partial charge in [0.15, 0.2) is 5.82 Å². The van der Waals surface area contributed by atoms with E-state index in [0.717, 1.165) is 43.2 Å². The Labute approximate surface area is 132 Å². The highest BCUT2D eigenvalue weighted by molar-refractivity contribution is 5.81. The highest BCUT2D eigenvalue weighted by Gasteiger charge is 2.09. The van der Waals surface area contributed by atoms with E-state index in [1.54, 1.807) is 4.90 Å². The van der Waals surface area contributed by atoms with Gasteiger partial charge in [-0.25, -0.2) is 4.52 Å². The molecule has 0 aliphatic heterocycles. The Balaban J connectivity index is 1.77. The zero-order chi connectivity index (χ0) is 15.8. The van der Waals surface area contributed by atoms with Crippen LogP contribution in [0.4, 0.5) is 11.5 Å². The number of quaternary nitrogens is 1. The van der Waals surface area contributed by atoms with Gasteiger partial charge in [0, 0.05) is 25.8 Å². The van der Waals surface area contributed by atoms with Crippen LogP contribution in [0.2, 0.25) is 0 Å². The Bertz CT molecular complexity index is 591. The number of nitrogens with zero attached hydrogens (tertiary/aromatic N) is 3. The third-order valence-electron chi connectivity index (χ3n) is 3.67. The summed E-state index contributed by atoms with van der Waals surface area (Å²) < 4.78 is 1.82. The fraction of sp³-hybridized carbons (Fsp3) is 0.500. The summed E-state index contributed by atoms with van der Waals surface area (Å²) in [5.74, 6) is 0.789. The van der Waals surface area contributed by atoms with E-state index in [1.807, 2.05) is 28.9 Å². The molecular formula is C16H27N6+. The highest BCUT2D eigenvalue weighted by Crippen LogP contribution is 2.28. The second-order valence-electron chi connectivity index (χ2n) is 5.52. The zero-order valence-corrected chi connectivity index (χ0v) is 13.6. The number of fused-ring (bicyclic) bond motifs is 1. The molecule has 0 bridgehead atoms. The summed E-state index contributed by atoms with van der Waals surface area (Å²) in [5.41, 5.74) is 1.78. The Morgan fingerprint density at radius 2 is 2.14 bits per heavy atom. The Kier molecular flexibility index (Phi) is 6.36. The third kappa shape index (κ3) is 4.29. The molecule has 0 fully saturated rings. The lowest BCUT2D eigenvalue weighted by Gasteiger charge is -2.13. The molecule has 0 aliphatic rings. The van der Waals surface area contributed by atoms with Crippen LogP contribution < -0.4 is 15.5 Å². The molecule has 6 nitrogen and oxygen atoms in total. The molecular weight excluding hydrogens is 276 g/mol. The number of anilines is 1. The normalized spacial score (nSPS) is 12.5. The minimum absolute atomic E-state index is 0.789. The van der Waals surface area contributed by atoms with E-state index >= 15 is 0 Å². The first-order valence-corrected chi connectivity index (χ1v) is 7.96. The lowest BCUT2D eigenvalue weighted by molar-refractivity contribution is -0.878. The standard InChI is InChI=1S/C16H26N6/c1-4-11-21(3)13-10-18-8-9-19-16-15(17-2)14-7-5-6-12-22(14)20-16/h5-7,12,18H,2,4,8-11,13H2,1,3H3,(H,19,20)/p+1. The maximum Gasteiger partial charge on any atom is 0.175 e. The lowest BCUT2D eigenvalue weighted by atomic mass is 10.3. The van der Waals surface area contributed by atoms with Crippen molar-refractivity contribution in [1.82, 2.24) is 14.9 Å². The fourth-order valence-electron chi connectivity index (χ4n) is 2.51. The van der Waals surface area contributed by atoms with Gasteiger partial charge in [-0.2, -0.15) is 0 Å². The predicted molar refractivity (Wildman–Crippen MR) is 92.7 cm³/mol. The predicted octanol–water partition coefficient (Wildman–Crippen LogP) is 0.593. The van der Waals surface area contributed by atoms with Crippen LogP contribution in [-0.4, -0.2) is 56.1 Å². The largest absolute Gasteiger partial charge is 0.365 e. The molecule has 0 radical (unpaired) electrons. The van der Waals surface area contributed by atoms with Crippen molar-refractivity contribution in [2.75, 3.05) is 45.1 Å². The van der Waals surface area contributed by atoms with Gasteiger partial charge in [-0.05, 0) is 25.3 Å². The molecule has 0 saturated carbocycles. The van der Waals surface area contributed by atoms with Gasteiger partial charge in [0.05, 0.1) is 25.7 Å².